The Balaban J connectivity index is 2.38. The van der Waals surface area contributed by atoms with Crippen LogP contribution in [-0.4, -0.2) is 9.55 Å². The number of benzene rings is 2. The molecule has 2 aromatic carbocycles. The second-order valence-electron chi connectivity index (χ2n) is 4.39. The summed E-state index contributed by atoms with van der Waals surface area (Å²) in [4.78, 5) is 4.37. The molecule has 0 fully saturated rings. The van der Waals surface area contributed by atoms with Gasteiger partial charge in [0.2, 0.25) is 5.95 Å². The summed E-state index contributed by atoms with van der Waals surface area (Å²) in [5, 5.41) is 0.635. The predicted octanol–water partition coefficient (Wildman–Crippen LogP) is 4.33. The van der Waals surface area contributed by atoms with Crippen molar-refractivity contribution in [3.05, 3.63) is 51.5 Å². The van der Waals surface area contributed by atoms with Crippen LogP contribution in [0.15, 0.2) is 40.9 Å². The number of nitrogen functional groups attached to an aromatic ring is 1. The monoisotopic (exact) mass is 335 g/mol. The molecule has 0 radical (unpaired) electrons. The summed E-state index contributed by atoms with van der Waals surface area (Å²) in [7, 11) is 0. The molecule has 0 unspecified atom stereocenters. The van der Waals surface area contributed by atoms with Crippen molar-refractivity contribution in [3.63, 3.8) is 0 Å². The molecule has 19 heavy (non-hydrogen) atoms. The van der Waals surface area contributed by atoms with Crippen LogP contribution in [0.3, 0.4) is 0 Å². The van der Waals surface area contributed by atoms with Gasteiger partial charge in [0.15, 0.2) is 0 Å². The average molecular weight is 337 g/mol. The highest BCUT2D eigenvalue weighted by atomic mass is 79.9. The molecule has 3 rings (SSSR count). The van der Waals surface area contributed by atoms with E-state index in [2.05, 4.69) is 27.0 Å². The van der Waals surface area contributed by atoms with E-state index in [4.69, 9.17) is 17.3 Å². The highest BCUT2D eigenvalue weighted by Gasteiger charge is 2.13. The Morgan fingerprint density at radius 3 is 2.79 bits per heavy atom. The lowest BCUT2D eigenvalue weighted by atomic mass is 10.2. The molecule has 3 aromatic rings. The Labute approximate surface area is 124 Å². The van der Waals surface area contributed by atoms with E-state index >= 15 is 0 Å². The van der Waals surface area contributed by atoms with Crippen molar-refractivity contribution in [1.82, 2.24) is 9.55 Å². The molecule has 2 N–H and O–H groups in total. The van der Waals surface area contributed by atoms with Gasteiger partial charge in [0, 0.05) is 4.47 Å². The molecular weight excluding hydrogens is 326 g/mol. The number of anilines is 1. The van der Waals surface area contributed by atoms with Gasteiger partial charge in [-0.05, 0) is 42.8 Å². The first-order valence-electron chi connectivity index (χ1n) is 5.76. The van der Waals surface area contributed by atoms with Crippen LogP contribution >= 0.6 is 27.5 Å². The van der Waals surface area contributed by atoms with Gasteiger partial charge in [-0.3, -0.25) is 4.57 Å². The van der Waals surface area contributed by atoms with Crippen LogP contribution in [0.5, 0.6) is 0 Å². The van der Waals surface area contributed by atoms with Gasteiger partial charge in [0.25, 0.3) is 0 Å². The molecule has 1 aromatic heterocycles. The zero-order valence-corrected chi connectivity index (χ0v) is 12.5. The van der Waals surface area contributed by atoms with Gasteiger partial charge in [-0.1, -0.05) is 33.6 Å². The van der Waals surface area contributed by atoms with Crippen molar-refractivity contribution >= 4 is 44.5 Å². The van der Waals surface area contributed by atoms with E-state index in [0.717, 1.165) is 26.8 Å². The topological polar surface area (TPSA) is 43.8 Å². The summed E-state index contributed by atoms with van der Waals surface area (Å²) in [5.74, 6) is 0.431. The predicted molar refractivity (Wildman–Crippen MR) is 82.9 cm³/mol. The quantitative estimate of drug-likeness (QED) is 0.718. The van der Waals surface area contributed by atoms with Crippen LogP contribution in [0.1, 0.15) is 5.56 Å². The number of rotatable bonds is 1. The Hall–Kier alpha value is -1.52. The molecule has 0 spiro atoms. The minimum atomic E-state index is 0.431. The van der Waals surface area contributed by atoms with E-state index in [1.165, 1.54) is 0 Å². The second kappa shape index (κ2) is 4.54. The van der Waals surface area contributed by atoms with Gasteiger partial charge >= 0.3 is 0 Å². The maximum absolute atomic E-state index is 6.27. The number of halogens is 2. The molecule has 0 saturated heterocycles. The molecule has 0 amide bonds. The summed E-state index contributed by atoms with van der Waals surface area (Å²) in [6.07, 6.45) is 0. The normalized spacial score (nSPS) is 11.1. The Kier molecular flexibility index (Phi) is 2.99. The minimum absolute atomic E-state index is 0.431. The number of hydrogen-bond donors (Lipinski definition) is 1. The van der Waals surface area contributed by atoms with E-state index in [-0.39, 0.29) is 0 Å². The van der Waals surface area contributed by atoms with Crippen LogP contribution in [-0.2, 0) is 0 Å². The molecule has 0 bridgehead atoms. The molecule has 0 aliphatic rings. The third-order valence-corrected chi connectivity index (χ3v) is 3.80. The van der Waals surface area contributed by atoms with Crippen molar-refractivity contribution in [2.45, 2.75) is 6.92 Å². The van der Waals surface area contributed by atoms with Crippen molar-refractivity contribution in [3.8, 4) is 5.69 Å². The molecule has 5 heteroatoms. The maximum atomic E-state index is 6.27. The molecule has 0 aliphatic carbocycles. The third-order valence-electron chi connectivity index (χ3n) is 2.99. The highest BCUT2D eigenvalue weighted by molar-refractivity contribution is 9.10. The fourth-order valence-electron chi connectivity index (χ4n) is 2.11. The van der Waals surface area contributed by atoms with Gasteiger partial charge in [0.1, 0.15) is 0 Å². The van der Waals surface area contributed by atoms with Crippen LogP contribution in [0, 0.1) is 6.92 Å². The van der Waals surface area contributed by atoms with Gasteiger partial charge in [-0.25, -0.2) is 4.98 Å². The molecule has 96 valence electrons. The zero-order chi connectivity index (χ0) is 13.6. The lowest BCUT2D eigenvalue weighted by molar-refractivity contribution is 1.11. The van der Waals surface area contributed by atoms with Crippen LogP contribution < -0.4 is 5.73 Å². The van der Waals surface area contributed by atoms with Crippen molar-refractivity contribution < 1.29 is 0 Å². The Bertz CT molecular complexity index is 780. The number of fused-ring (bicyclic) bond motifs is 1. The minimum Gasteiger partial charge on any atom is -0.369 e. The first kappa shape index (κ1) is 12.5. The average Bonchev–Trinajstić information content (AvgIpc) is 2.68. The Morgan fingerprint density at radius 1 is 1.21 bits per heavy atom. The van der Waals surface area contributed by atoms with Crippen molar-refractivity contribution in [2.24, 2.45) is 0 Å². The molecular formula is C14H11BrClN3. The van der Waals surface area contributed by atoms with Crippen molar-refractivity contribution in [1.29, 1.82) is 0 Å². The van der Waals surface area contributed by atoms with Crippen LogP contribution in [0.2, 0.25) is 5.02 Å². The van der Waals surface area contributed by atoms with Crippen molar-refractivity contribution in [2.75, 3.05) is 5.73 Å². The smallest absolute Gasteiger partial charge is 0.205 e. The number of imidazole rings is 1. The standard InChI is InChI=1S/C14H11BrClN3/c1-8-2-5-11-13(6-8)19(14(17)18-11)12-7-9(15)3-4-10(12)16/h2-7H,1H3,(H2,17,18). The fourth-order valence-corrected chi connectivity index (χ4v) is 2.67. The lowest BCUT2D eigenvalue weighted by Gasteiger charge is -2.09. The Morgan fingerprint density at radius 2 is 2.00 bits per heavy atom. The van der Waals surface area contributed by atoms with E-state index < -0.39 is 0 Å². The summed E-state index contributed by atoms with van der Waals surface area (Å²) >= 11 is 9.73. The highest BCUT2D eigenvalue weighted by Crippen LogP contribution is 2.30. The summed E-state index contributed by atoms with van der Waals surface area (Å²) in [6.45, 7) is 2.04. The molecule has 0 saturated carbocycles. The number of aromatic nitrogens is 2. The van der Waals surface area contributed by atoms with E-state index in [9.17, 15) is 0 Å². The summed E-state index contributed by atoms with van der Waals surface area (Å²) in [6, 6.07) is 11.7. The first-order valence-corrected chi connectivity index (χ1v) is 6.93. The molecule has 1 heterocycles. The van der Waals surface area contributed by atoms with E-state index in [1.54, 1.807) is 0 Å². The largest absolute Gasteiger partial charge is 0.369 e. The van der Waals surface area contributed by atoms with Crippen LogP contribution in [0.4, 0.5) is 5.95 Å². The van der Waals surface area contributed by atoms with Gasteiger partial charge in [-0.2, -0.15) is 0 Å². The number of aryl methyl sites for hydroxylation is 1. The van der Waals surface area contributed by atoms with Gasteiger partial charge in [0.05, 0.1) is 21.7 Å². The SMILES string of the molecule is Cc1ccc2nc(N)n(-c3cc(Br)ccc3Cl)c2c1. The molecule has 0 aliphatic heterocycles. The second-order valence-corrected chi connectivity index (χ2v) is 5.72. The summed E-state index contributed by atoms with van der Waals surface area (Å²) < 4.78 is 2.82. The number of hydrogen-bond acceptors (Lipinski definition) is 2. The fraction of sp³-hybridized carbons (Fsp3) is 0.0714. The lowest BCUT2D eigenvalue weighted by Crippen LogP contribution is -2.01. The maximum Gasteiger partial charge on any atom is 0.205 e. The zero-order valence-electron chi connectivity index (χ0n) is 10.2. The number of nitrogens with two attached hydrogens (primary N) is 1. The van der Waals surface area contributed by atoms with Gasteiger partial charge in [-0.15, -0.1) is 0 Å². The van der Waals surface area contributed by atoms with E-state index in [1.807, 2.05) is 41.8 Å². The van der Waals surface area contributed by atoms with E-state index in [0.29, 0.717) is 11.0 Å². The molecule has 3 nitrogen and oxygen atoms in total. The number of nitrogens with zero attached hydrogens (tertiary/aromatic N) is 2. The van der Waals surface area contributed by atoms with Crippen LogP contribution in [0.25, 0.3) is 16.7 Å². The first-order chi connectivity index (χ1) is 9.06. The molecule has 0 atom stereocenters. The van der Waals surface area contributed by atoms with Gasteiger partial charge < -0.3 is 5.73 Å². The summed E-state index contributed by atoms with van der Waals surface area (Å²) in [5.41, 5.74) is 9.82. The third kappa shape index (κ3) is 2.11.